The lowest BCUT2D eigenvalue weighted by Gasteiger charge is -2.26. The second-order valence-corrected chi connectivity index (χ2v) is 7.82. The molecule has 5 nitrogen and oxygen atoms in total. The van der Waals surface area contributed by atoms with E-state index in [0.29, 0.717) is 18.7 Å². The summed E-state index contributed by atoms with van der Waals surface area (Å²) in [4.78, 5) is 14.5. The lowest BCUT2D eigenvalue weighted by molar-refractivity contribution is 0.0713. The third-order valence-electron chi connectivity index (χ3n) is 4.34. The summed E-state index contributed by atoms with van der Waals surface area (Å²) in [6.45, 7) is 4.35. The molecule has 3 rings (SSSR count). The smallest absolute Gasteiger partial charge is 0.255 e. The highest BCUT2D eigenvalue weighted by molar-refractivity contribution is 7.89. The van der Waals surface area contributed by atoms with Crippen molar-refractivity contribution in [1.29, 1.82) is 0 Å². The molecule has 1 saturated heterocycles. The Bertz CT molecular complexity index is 832. The first-order valence-corrected chi connectivity index (χ1v) is 9.30. The van der Waals surface area contributed by atoms with Crippen molar-refractivity contribution in [2.45, 2.75) is 24.9 Å². The molecule has 0 radical (unpaired) electrons. The highest BCUT2D eigenvalue weighted by Crippen LogP contribution is 2.25. The average molecular weight is 344 g/mol. The zero-order valence-electron chi connectivity index (χ0n) is 13.7. The number of rotatable bonds is 3. The van der Waals surface area contributed by atoms with Gasteiger partial charge in [0, 0.05) is 18.7 Å². The van der Waals surface area contributed by atoms with Crippen LogP contribution in [0.2, 0.25) is 0 Å². The van der Waals surface area contributed by atoms with Gasteiger partial charge < -0.3 is 4.90 Å². The predicted octanol–water partition coefficient (Wildman–Crippen LogP) is 2.49. The molecule has 1 unspecified atom stereocenters. The fourth-order valence-electron chi connectivity index (χ4n) is 2.92. The molecule has 1 aliphatic heterocycles. The van der Waals surface area contributed by atoms with Crippen LogP contribution in [0.3, 0.4) is 0 Å². The summed E-state index contributed by atoms with van der Waals surface area (Å²) in [5, 5.41) is 0. The van der Waals surface area contributed by atoms with Gasteiger partial charge in [0.25, 0.3) is 5.91 Å². The summed E-state index contributed by atoms with van der Waals surface area (Å²) >= 11 is 0. The number of nitrogens with zero attached hydrogens (tertiary/aromatic N) is 2. The fraction of sp³-hybridized carbons (Fsp3) is 0.278. The molecule has 0 bridgehead atoms. The molecule has 1 heterocycles. The summed E-state index contributed by atoms with van der Waals surface area (Å²) in [6.07, 6.45) is -0.510. The van der Waals surface area contributed by atoms with Crippen LogP contribution in [0.25, 0.3) is 0 Å². The molecule has 0 N–H and O–H groups in total. The fourth-order valence-corrected chi connectivity index (χ4v) is 4.51. The molecule has 0 saturated carbocycles. The van der Waals surface area contributed by atoms with Gasteiger partial charge in [-0.2, -0.15) is 4.31 Å². The number of hydrogen-bond donors (Lipinski definition) is 0. The van der Waals surface area contributed by atoms with Crippen molar-refractivity contribution in [3.8, 4) is 0 Å². The summed E-state index contributed by atoms with van der Waals surface area (Å²) in [7, 11) is -3.61. The van der Waals surface area contributed by atoms with E-state index in [2.05, 4.69) is 0 Å². The van der Waals surface area contributed by atoms with Crippen LogP contribution < -0.4 is 0 Å². The maximum absolute atomic E-state index is 12.8. The van der Waals surface area contributed by atoms with E-state index in [-0.39, 0.29) is 10.8 Å². The first-order chi connectivity index (χ1) is 11.4. The molecule has 2 aromatic rings. The van der Waals surface area contributed by atoms with E-state index >= 15 is 0 Å². The molecular weight excluding hydrogens is 324 g/mol. The molecule has 126 valence electrons. The van der Waals surface area contributed by atoms with Crippen molar-refractivity contribution in [2.75, 3.05) is 13.1 Å². The first kappa shape index (κ1) is 16.7. The van der Waals surface area contributed by atoms with Gasteiger partial charge in [-0.3, -0.25) is 4.79 Å². The monoisotopic (exact) mass is 344 g/mol. The minimum Gasteiger partial charge on any atom is -0.321 e. The van der Waals surface area contributed by atoms with Gasteiger partial charge in [0.1, 0.15) is 0 Å². The number of sulfonamides is 1. The number of benzene rings is 2. The maximum atomic E-state index is 12.8. The van der Waals surface area contributed by atoms with E-state index in [0.717, 1.165) is 5.56 Å². The van der Waals surface area contributed by atoms with Gasteiger partial charge in [-0.25, -0.2) is 8.42 Å². The molecule has 2 aromatic carbocycles. The number of amides is 1. The standard InChI is InChI=1S/C18H20N2O3S/c1-14-8-10-17(11-9-14)24(22,23)20-13-12-19(15(20)2)18(21)16-6-4-3-5-7-16/h3-11,15H,12-13H2,1-2H3. The molecule has 1 amide bonds. The van der Waals surface area contributed by atoms with Crippen molar-refractivity contribution in [3.63, 3.8) is 0 Å². The minimum absolute atomic E-state index is 0.148. The summed E-state index contributed by atoms with van der Waals surface area (Å²) < 4.78 is 27.1. The first-order valence-electron chi connectivity index (χ1n) is 7.86. The number of hydrogen-bond acceptors (Lipinski definition) is 3. The van der Waals surface area contributed by atoms with Crippen LogP contribution in [0.5, 0.6) is 0 Å². The molecule has 0 aromatic heterocycles. The average Bonchev–Trinajstić information content (AvgIpc) is 2.97. The van der Waals surface area contributed by atoms with E-state index in [1.807, 2.05) is 13.0 Å². The minimum atomic E-state index is -3.61. The molecule has 1 atom stereocenters. The van der Waals surface area contributed by atoms with Gasteiger partial charge >= 0.3 is 0 Å². The Morgan fingerprint density at radius 2 is 1.62 bits per heavy atom. The normalized spacial score (nSPS) is 18.8. The molecule has 0 spiro atoms. The van der Waals surface area contributed by atoms with Crippen LogP contribution in [0.15, 0.2) is 59.5 Å². The quantitative estimate of drug-likeness (QED) is 0.859. The zero-order valence-corrected chi connectivity index (χ0v) is 14.5. The Labute approximate surface area is 142 Å². The highest BCUT2D eigenvalue weighted by Gasteiger charge is 2.39. The molecular formula is C18H20N2O3S. The number of carbonyl (C=O) groups excluding carboxylic acids is 1. The van der Waals surface area contributed by atoms with E-state index in [9.17, 15) is 13.2 Å². The van der Waals surface area contributed by atoms with Crippen molar-refractivity contribution in [3.05, 3.63) is 65.7 Å². The van der Waals surface area contributed by atoms with Crippen LogP contribution in [-0.4, -0.2) is 42.8 Å². The Morgan fingerprint density at radius 1 is 1.00 bits per heavy atom. The largest absolute Gasteiger partial charge is 0.321 e. The van der Waals surface area contributed by atoms with Gasteiger partial charge in [0.2, 0.25) is 10.0 Å². The number of aryl methyl sites for hydroxylation is 1. The summed E-state index contributed by atoms with van der Waals surface area (Å²) in [5.41, 5.74) is 1.57. The van der Waals surface area contributed by atoms with Crippen molar-refractivity contribution in [2.24, 2.45) is 0 Å². The van der Waals surface area contributed by atoms with Gasteiger partial charge in [-0.1, -0.05) is 35.9 Å². The lowest BCUT2D eigenvalue weighted by atomic mass is 10.2. The molecule has 0 aliphatic carbocycles. The molecule has 1 fully saturated rings. The summed E-state index contributed by atoms with van der Waals surface area (Å²) in [5.74, 6) is -0.148. The van der Waals surface area contributed by atoms with Gasteiger partial charge in [0.15, 0.2) is 0 Å². The van der Waals surface area contributed by atoms with Gasteiger partial charge in [-0.15, -0.1) is 0 Å². The van der Waals surface area contributed by atoms with Gasteiger partial charge in [0.05, 0.1) is 11.1 Å². The van der Waals surface area contributed by atoms with Crippen LogP contribution in [0.4, 0.5) is 0 Å². The Hall–Kier alpha value is -2.18. The second kappa shape index (κ2) is 6.37. The van der Waals surface area contributed by atoms with Crippen molar-refractivity contribution < 1.29 is 13.2 Å². The van der Waals surface area contributed by atoms with E-state index in [1.54, 1.807) is 60.4 Å². The zero-order chi connectivity index (χ0) is 17.3. The van der Waals surface area contributed by atoms with Crippen LogP contribution in [0, 0.1) is 6.92 Å². The predicted molar refractivity (Wildman–Crippen MR) is 92.0 cm³/mol. The van der Waals surface area contributed by atoms with Crippen molar-refractivity contribution >= 4 is 15.9 Å². The second-order valence-electron chi connectivity index (χ2n) is 5.93. The molecule has 6 heteroatoms. The Balaban J connectivity index is 1.84. The van der Waals surface area contributed by atoms with E-state index < -0.39 is 16.2 Å². The van der Waals surface area contributed by atoms with Crippen LogP contribution in [-0.2, 0) is 10.0 Å². The van der Waals surface area contributed by atoms with Crippen LogP contribution in [0.1, 0.15) is 22.8 Å². The Morgan fingerprint density at radius 3 is 2.25 bits per heavy atom. The highest BCUT2D eigenvalue weighted by atomic mass is 32.2. The maximum Gasteiger partial charge on any atom is 0.255 e. The third-order valence-corrected chi connectivity index (χ3v) is 6.31. The molecule has 24 heavy (non-hydrogen) atoms. The topological polar surface area (TPSA) is 57.7 Å². The summed E-state index contributed by atoms with van der Waals surface area (Å²) in [6, 6.07) is 15.7. The van der Waals surface area contributed by atoms with Crippen molar-refractivity contribution in [1.82, 2.24) is 9.21 Å². The Kier molecular flexibility index (Phi) is 4.43. The molecule has 1 aliphatic rings. The van der Waals surface area contributed by atoms with E-state index in [1.165, 1.54) is 4.31 Å². The van der Waals surface area contributed by atoms with Crippen LogP contribution >= 0.6 is 0 Å². The number of carbonyl (C=O) groups is 1. The SMILES string of the molecule is Cc1ccc(S(=O)(=O)N2CCN(C(=O)c3ccccc3)C2C)cc1. The third kappa shape index (κ3) is 2.95. The van der Waals surface area contributed by atoms with E-state index in [4.69, 9.17) is 0 Å². The lowest BCUT2D eigenvalue weighted by Crippen LogP contribution is -2.42. The van der Waals surface area contributed by atoms with Gasteiger partial charge in [-0.05, 0) is 38.1 Å².